The molecule has 4 N–H and O–H groups in total. The fourth-order valence-electron chi connectivity index (χ4n) is 4.44. The van der Waals surface area contributed by atoms with Gasteiger partial charge in [0.1, 0.15) is 0 Å². The lowest BCUT2D eigenvalue weighted by Gasteiger charge is -2.34. The zero-order valence-electron chi connectivity index (χ0n) is 18.6. The summed E-state index contributed by atoms with van der Waals surface area (Å²) in [4.78, 5) is 29.1. The Morgan fingerprint density at radius 2 is 2.03 bits per heavy atom. The number of carbonyl (C=O) groups excluding carboxylic acids is 2. The smallest absolute Gasteiger partial charge is 0.276 e. The average Bonchev–Trinajstić information content (AvgIpc) is 2.83. The molecule has 4 rings (SSSR count). The highest BCUT2D eigenvalue weighted by molar-refractivity contribution is 5.97. The second-order valence-electron chi connectivity index (χ2n) is 8.94. The van der Waals surface area contributed by atoms with Crippen LogP contribution in [0.15, 0.2) is 48.3 Å². The first-order chi connectivity index (χ1) is 15.4. The second kappa shape index (κ2) is 9.22. The van der Waals surface area contributed by atoms with Crippen molar-refractivity contribution in [1.82, 2.24) is 21.1 Å². The third-order valence-electron chi connectivity index (χ3n) is 6.76. The minimum atomic E-state index is -0.588. The number of rotatable bonds is 5. The summed E-state index contributed by atoms with van der Waals surface area (Å²) in [6.45, 7) is 5.95. The molecule has 7 heteroatoms. The van der Waals surface area contributed by atoms with E-state index in [1.54, 1.807) is 11.5 Å². The summed E-state index contributed by atoms with van der Waals surface area (Å²) < 4.78 is 0. The Bertz CT molecular complexity index is 1100. The van der Waals surface area contributed by atoms with Gasteiger partial charge in [0.15, 0.2) is 0 Å². The monoisotopic (exact) mass is 434 g/mol. The largest absolute Gasteiger partial charge is 0.329 e. The quantitative estimate of drug-likeness (QED) is 0.426. The highest BCUT2D eigenvalue weighted by atomic mass is 16.5. The van der Waals surface area contributed by atoms with Gasteiger partial charge in [0.05, 0.1) is 11.1 Å². The molecule has 2 amide bonds. The van der Waals surface area contributed by atoms with E-state index in [0.29, 0.717) is 11.5 Å². The number of fused-ring (bicyclic) bond motifs is 1. The van der Waals surface area contributed by atoms with Gasteiger partial charge in [-0.25, -0.2) is 5.48 Å². The standard InChI is InChI=1S/C25H30N4O3/c1-3-16-4-5-18(14-22(16)28-24(31)25(2)8-10-26-11-9-25)17-6-7-19-12-20(23(30)29-32)15-27-21(19)13-17/h5-7,12-16,26,32H,3-4,8-11H2,1-2H3,(H,28,31)(H,29,30). The van der Waals surface area contributed by atoms with Gasteiger partial charge in [-0.15, -0.1) is 0 Å². The number of nitrogens with one attached hydrogen (secondary N) is 3. The van der Waals surface area contributed by atoms with Crippen LogP contribution in [-0.4, -0.2) is 35.1 Å². The highest BCUT2D eigenvalue weighted by Crippen LogP contribution is 2.33. The van der Waals surface area contributed by atoms with Crippen molar-refractivity contribution in [1.29, 1.82) is 0 Å². The van der Waals surface area contributed by atoms with Crippen LogP contribution in [0.25, 0.3) is 16.5 Å². The molecule has 1 saturated heterocycles. The number of allylic oxidation sites excluding steroid dienone is 4. The molecule has 1 aliphatic carbocycles. The van der Waals surface area contributed by atoms with Crippen LogP contribution in [0.5, 0.6) is 0 Å². The topological polar surface area (TPSA) is 103 Å². The van der Waals surface area contributed by atoms with Crippen molar-refractivity contribution < 1.29 is 14.8 Å². The molecule has 0 spiro atoms. The molecule has 0 saturated carbocycles. The molecule has 1 aliphatic heterocycles. The van der Waals surface area contributed by atoms with Gasteiger partial charge in [0.2, 0.25) is 5.91 Å². The SMILES string of the molecule is CCC1CC=C(c2ccc3cc(C(=O)NO)cnc3c2)C=C1NC(=O)C1(C)CCNCC1. The predicted molar refractivity (Wildman–Crippen MR) is 124 cm³/mol. The molecular weight excluding hydrogens is 404 g/mol. The second-order valence-corrected chi connectivity index (χ2v) is 8.94. The number of aromatic nitrogens is 1. The van der Waals surface area contributed by atoms with Crippen molar-refractivity contribution in [3.8, 4) is 0 Å². The van der Waals surface area contributed by atoms with E-state index in [2.05, 4.69) is 41.6 Å². The summed E-state index contributed by atoms with van der Waals surface area (Å²) in [6.07, 6.45) is 9.28. The normalized spacial score (nSPS) is 20.3. The maximum absolute atomic E-state index is 13.1. The maximum Gasteiger partial charge on any atom is 0.276 e. The van der Waals surface area contributed by atoms with Crippen molar-refractivity contribution in [2.75, 3.05) is 13.1 Å². The summed E-state index contributed by atoms with van der Waals surface area (Å²) in [7, 11) is 0. The number of nitrogens with zero attached hydrogens (tertiary/aromatic N) is 1. The third kappa shape index (κ3) is 4.45. The first-order valence-corrected chi connectivity index (χ1v) is 11.2. The number of piperidine rings is 1. The van der Waals surface area contributed by atoms with Crippen LogP contribution in [0.1, 0.15) is 55.5 Å². The van der Waals surface area contributed by atoms with E-state index in [9.17, 15) is 9.59 Å². The number of benzene rings is 1. The lowest BCUT2D eigenvalue weighted by atomic mass is 9.79. The van der Waals surface area contributed by atoms with Crippen molar-refractivity contribution >= 4 is 28.3 Å². The van der Waals surface area contributed by atoms with E-state index in [1.807, 2.05) is 18.2 Å². The molecule has 7 nitrogen and oxygen atoms in total. The fourth-order valence-corrected chi connectivity index (χ4v) is 4.44. The first kappa shape index (κ1) is 22.2. The van der Waals surface area contributed by atoms with Crippen molar-refractivity contribution in [3.63, 3.8) is 0 Å². The zero-order chi connectivity index (χ0) is 22.7. The van der Waals surface area contributed by atoms with Crippen LogP contribution < -0.4 is 16.1 Å². The van der Waals surface area contributed by atoms with Crippen LogP contribution in [0.2, 0.25) is 0 Å². The molecule has 2 aromatic rings. The van der Waals surface area contributed by atoms with Gasteiger partial charge in [0, 0.05) is 28.6 Å². The summed E-state index contributed by atoms with van der Waals surface area (Å²) in [6, 6.07) is 7.59. The molecule has 1 fully saturated rings. The molecule has 2 heterocycles. The number of pyridine rings is 1. The molecule has 1 unspecified atom stereocenters. The van der Waals surface area contributed by atoms with Gasteiger partial charge in [-0.3, -0.25) is 19.8 Å². The molecule has 0 radical (unpaired) electrons. The van der Waals surface area contributed by atoms with E-state index >= 15 is 0 Å². The van der Waals surface area contributed by atoms with Crippen LogP contribution in [-0.2, 0) is 4.79 Å². The van der Waals surface area contributed by atoms with Crippen LogP contribution in [0.3, 0.4) is 0 Å². The van der Waals surface area contributed by atoms with Crippen LogP contribution in [0.4, 0.5) is 0 Å². The van der Waals surface area contributed by atoms with Crippen molar-refractivity contribution in [3.05, 3.63) is 59.4 Å². The number of carbonyl (C=O) groups is 2. The lowest BCUT2D eigenvalue weighted by molar-refractivity contribution is -0.130. The third-order valence-corrected chi connectivity index (χ3v) is 6.76. The molecule has 1 aromatic carbocycles. The Labute approximate surface area is 188 Å². The molecule has 168 valence electrons. The maximum atomic E-state index is 13.1. The van der Waals surface area contributed by atoms with Crippen molar-refractivity contribution in [2.24, 2.45) is 11.3 Å². The van der Waals surface area contributed by atoms with Crippen LogP contribution in [0, 0.1) is 11.3 Å². The zero-order valence-corrected chi connectivity index (χ0v) is 18.6. The molecular formula is C25H30N4O3. The minimum Gasteiger partial charge on any atom is -0.329 e. The minimum absolute atomic E-state index is 0.111. The summed E-state index contributed by atoms with van der Waals surface area (Å²) in [5, 5.41) is 16.2. The van der Waals surface area contributed by atoms with E-state index in [1.165, 1.54) is 6.20 Å². The van der Waals surface area contributed by atoms with Gasteiger partial charge in [-0.1, -0.05) is 32.1 Å². The van der Waals surface area contributed by atoms with Gasteiger partial charge >= 0.3 is 0 Å². The van der Waals surface area contributed by atoms with E-state index in [4.69, 9.17) is 5.21 Å². The van der Waals surface area contributed by atoms with E-state index in [0.717, 1.165) is 66.5 Å². The highest BCUT2D eigenvalue weighted by Gasteiger charge is 2.35. The van der Waals surface area contributed by atoms with E-state index in [-0.39, 0.29) is 11.3 Å². The van der Waals surface area contributed by atoms with Crippen molar-refractivity contribution in [2.45, 2.75) is 39.5 Å². The Morgan fingerprint density at radius 3 is 2.75 bits per heavy atom. The van der Waals surface area contributed by atoms with Gasteiger partial charge in [-0.05, 0) is 68.1 Å². The molecule has 0 bridgehead atoms. The Hall–Kier alpha value is -3.03. The molecule has 2 aliphatic rings. The Balaban J connectivity index is 1.59. The lowest BCUT2D eigenvalue weighted by Crippen LogP contribution is -2.46. The van der Waals surface area contributed by atoms with E-state index < -0.39 is 5.91 Å². The number of amides is 2. The summed E-state index contributed by atoms with van der Waals surface area (Å²) >= 11 is 0. The summed E-state index contributed by atoms with van der Waals surface area (Å²) in [5.41, 5.74) is 5.41. The molecule has 32 heavy (non-hydrogen) atoms. The predicted octanol–water partition coefficient (Wildman–Crippen LogP) is 3.56. The average molecular weight is 435 g/mol. The molecule has 1 atom stereocenters. The number of hydroxylamine groups is 1. The number of hydrogen-bond acceptors (Lipinski definition) is 5. The number of hydrogen-bond donors (Lipinski definition) is 4. The molecule has 1 aromatic heterocycles. The summed E-state index contributed by atoms with van der Waals surface area (Å²) in [5.74, 6) is -0.180. The Kier molecular flexibility index (Phi) is 6.39. The Morgan fingerprint density at radius 1 is 1.25 bits per heavy atom. The van der Waals surface area contributed by atoms with Gasteiger partial charge in [0.25, 0.3) is 5.91 Å². The van der Waals surface area contributed by atoms with Crippen LogP contribution >= 0.6 is 0 Å². The first-order valence-electron chi connectivity index (χ1n) is 11.2. The van der Waals surface area contributed by atoms with Gasteiger partial charge in [-0.2, -0.15) is 0 Å². The van der Waals surface area contributed by atoms with Gasteiger partial charge < -0.3 is 10.6 Å². The fraction of sp³-hybridized carbons (Fsp3) is 0.400.